The number of aryl methyl sites for hydroxylation is 1. The van der Waals surface area contributed by atoms with Gasteiger partial charge in [-0.2, -0.15) is 10.2 Å². The van der Waals surface area contributed by atoms with Crippen LogP contribution in [0.5, 0.6) is 0 Å². The van der Waals surface area contributed by atoms with Gasteiger partial charge in [-0.25, -0.2) is 0 Å². The topological polar surface area (TPSA) is 55.9 Å². The van der Waals surface area contributed by atoms with Gasteiger partial charge in [0.2, 0.25) is 0 Å². The third-order valence-electron chi connectivity index (χ3n) is 4.18. The number of hydrogen-bond donors (Lipinski definition) is 1. The van der Waals surface area contributed by atoms with E-state index in [0.29, 0.717) is 19.0 Å². The van der Waals surface area contributed by atoms with Gasteiger partial charge in [0.05, 0.1) is 24.0 Å². The molecule has 0 aliphatic rings. The van der Waals surface area contributed by atoms with Crippen molar-refractivity contribution in [1.29, 1.82) is 0 Å². The van der Waals surface area contributed by atoms with Crippen LogP contribution in [0, 0.1) is 13.8 Å². The second kappa shape index (κ2) is 6.43. The van der Waals surface area contributed by atoms with Crippen LogP contribution in [0.25, 0.3) is 0 Å². The van der Waals surface area contributed by atoms with Crippen LogP contribution < -0.4 is 0 Å². The molecule has 2 aromatic heterocycles. The van der Waals surface area contributed by atoms with Crippen LogP contribution in [0.4, 0.5) is 0 Å². The fourth-order valence-electron chi connectivity index (χ4n) is 2.60. The molecular weight excluding hydrogens is 264 g/mol. The Morgan fingerprint density at radius 3 is 2.52 bits per heavy atom. The summed E-state index contributed by atoms with van der Waals surface area (Å²) < 4.78 is 3.94. The lowest BCUT2D eigenvalue weighted by Gasteiger charge is -2.09. The zero-order chi connectivity index (χ0) is 15.6. The first kappa shape index (κ1) is 15.8. The van der Waals surface area contributed by atoms with Gasteiger partial charge in [-0.15, -0.1) is 0 Å². The second-order valence-corrected chi connectivity index (χ2v) is 5.71. The fourth-order valence-corrected chi connectivity index (χ4v) is 2.60. The van der Waals surface area contributed by atoms with Crippen LogP contribution in [-0.4, -0.2) is 24.7 Å². The molecule has 0 saturated heterocycles. The van der Waals surface area contributed by atoms with E-state index in [1.165, 1.54) is 0 Å². The Bertz CT molecular complexity index is 599. The Morgan fingerprint density at radius 1 is 1.19 bits per heavy atom. The Hall–Kier alpha value is -1.62. The second-order valence-electron chi connectivity index (χ2n) is 5.71. The lowest BCUT2D eigenvalue weighted by atomic mass is 10.1. The van der Waals surface area contributed by atoms with E-state index in [9.17, 15) is 5.11 Å². The van der Waals surface area contributed by atoms with E-state index in [-0.39, 0.29) is 0 Å². The van der Waals surface area contributed by atoms with Crippen molar-refractivity contribution in [1.82, 2.24) is 19.6 Å². The van der Waals surface area contributed by atoms with Crippen LogP contribution in [0.15, 0.2) is 12.3 Å². The monoisotopic (exact) mass is 290 g/mol. The molecule has 2 heterocycles. The minimum atomic E-state index is -0.434. The molecule has 0 fully saturated rings. The van der Waals surface area contributed by atoms with Crippen molar-refractivity contribution < 1.29 is 5.11 Å². The summed E-state index contributed by atoms with van der Waals surface area (Å²) in [4.78, 5) is 0. The maximum atomic E-state index is 10.1. The van der Waals surface area contributed by atoms with Crippen molar-refractivity contribution in [3.63, 3.8) is 0 Å². The van der Waals surface area contributed by atoms with Crippen molar-refractivity contribution in [2.45, 2.75) is 66.2 Å². The van der Waals surface area contributed by atoms with E-state index in [4.69, 9.17) is 0 Å². The van der Waals surface area contributed by atoms with E-state index < -0.39 is 6.10 Å². The number of hydrogen-bond acceptors (Lipinski definition) is 3. The molecule has 5 nitrogen and oxygen atoms in total. The molecule has 116 valence electrons. The molecule has 0 spiro atoms. The number of nitrogens with zero attached hydrogens (tertiary/aromatic N) is 4. The van der Waals surface area contributed by atoms with Crippen LogP contribution >= 0.6 is 0 Å². The average molecular weight is 290 g/mol. The minimum Gasteiger partial charge on any atom is -0.388 e. The maximum absolute atomic E-state index is 10.1. The summed E-state index contributed by atoms with van der Waals surface area (Å²) >= 11 is 0. The van der Waals surface area contributed by atoms with E-state index in [1.54, 1.807) is 0 Å². The van der Waals surface area contributed by atoms with Gasteiger partial charge < -0.3 is 5.11 Å². The summed E-state index contributed by atoms with van der Waals surface area (Å²) in [5.74, 6) is 0. The Balaban J connectivity index is 2.22. The van der Waals surface area contributed by atoms with Crippen LogP contribution in [0.2, 0.25) is 0 Å². The number of aromatic nitrogens is 4. The molecule has 0 aliphatic heterocycles. The summed E-state index contributed by atoms with van der Waals surface area (Å²) in [6, 6.07) is 2.45. The standard InChI is InChI=1S/C16H26N4O/c1-6-11(3)19-9-8-14(18-19)10-20-13(5)16(12(4)17-20)15(21)7-2/h8-9,11,15,21H,6-7,10H2,1-5H3. The number of aliphatic hydroxyl groups is 1. The first-order chi connectivity index (χ1) is 9.97. The third kappa shape index (κ3) is 3.18. The van der Waals surface area contributed by atoms with Crippen LogP contribution in [0.1, 0.15) is 68.4 Å². The van der Waals surface area contributed by atoms with Crippen LogP contribution in [-0.2, 0) is 6.54 Å². The van der Waals surface area contributed by atoms with Crippen LogP contribution in [0.3, 0.4) is 0 Å². The van der Waals surface area contributed by atoms with Gasteiger partial charge in [0.1, 0.15) is 0 Å². The zero-order valence-corrected chi connectivity index (χ0v) is 13.7. The zero-order valence-electron chi connectivity index (χ0n) is 13.7. The maximum Gasteiger partial charge on any atom is 0.0853 e. The largest absolute Gasteiger partial charge is 0.388 e. The highest BCUT2D eigenvalue weighted by Crippen LogP contribution is 2.24. The lowest BCUT2D eigenvalue weighted by Crippen LogP contribution is -2.08. The summed E-state index contributed by atoms with van der Waals surface area (Å²) in [5.41, 5.74) is 3.89. The van der Waals surface area contributed by atoms with E-state index in [0.717, 1.165) is 29.1 Å². The predicted octanol–water partition coefficient (Wildman–Crippen LogP) is 3.16. The minimum absolute atomic E-state index is 0.414. The molecule has 0 saturated carbocycles. The van der Waals surface area contributed by atoms with Gasteiger partial charge in [-0.1, -0.05) is 13.8 Å². The van der Waals surface area contributed by atoms with E-state index in [2.05, 4.69) is 24.0 Å². The molecule has 1 N–H and O–H groups in total. The van der Waals surface area contributed by atoms with E-state index >= 15 is 0 Å². The van der Waals surface area contributed by atoms with Crippen molar-refractivity contribution >= 4 is 0 Å². The van der Waals surface area contributed by atoms with Gasteiger partial charge in [-0.3, -0.25) is 9.36 Å². The summed E-state index contributed by atoms with van der Waals surface area (Å²) in [5, 5.41) is 19.3. The normalized spacial score (nSPS) is 14.4. The summed E-state index contributed by atoms with van der Waals surface area (Å²) in [6.45, 7) is 10.9. The fraction of sp³-hybridized carbons (Fsp3) is 0.625. The van der Waals surface area contributed by atoms with E-state index in [1.807, 2.05) is 42.4 Å². The summed E-state index contributed by atoms with van der Waals surface area (Å²) in [6.07, 6.45) is 3.36. The molecule has 0 amide bonds. The predicted molar refractivity (Wildman–Crippen MR) is 83.3 cm³/mol. The molecule has 0 bridgehead atoms. The van der Waals surface area contributed by atoms with Gasteiger partial charge in [0.15, 0.2) is 0 Å². The van der Waals surface area contributed by atoms with Crippen molar-refractivity contribution in [2.75, 3.05) is 0 Å². The number of aliphatic hydroxyl groups excluding tert-OH is 1. The average Bonchev–Trinajstić information content (AvgIpc) is 3.03. The summed E-state index contributed by atoms with van der Waals surface area (Å²) in [7, 11) is 0. The molecule has 0 aliphatic carbocycles. The highest BCUT2D eigenvalue weighted by molar-refractivity contribution is 5.27. The Morgan fingerprint density at radius 2 is 1.90 bits per heavy atom. The smallest absolute Gasteiger partial charge is 0.0853 e. The molecule has 0 radical (unpaired) electrons. The molecule has 2 rings (SSSR count). The molecule has 5 heteroatoms. The first-order valence-corrected chi connectivity index (χ1v) is 7.73. The molecule has 21 heavy (non-hydrogen) atoms. The Labute approximate surface area is 126 Å². The van der Waals surface area contributed by atoms with Crippen molar-refractivity contribution in [3.8, 4) is 0 Å². The molecule has 2 atom stereocenters. The molecule has 2 unspecified atom stereocenters. The third-order valence-corrected chi connectivity index (χ3v) is 4.18. The number of rotatable bonds is 6. The quantitative estimate of drug-likeness (QED) is 0.889. The molecule has 2 aromatic rings. The van der Waals surface area contributed by atoms with Gasteiger partial charge in [0, 0.05) is 23.5 Å². The Kier molecular flexibility index (Phi) is 4.83. The van der Waals surface area contributed by atoms with Gasteiger partial charge in [0.25, 0.3) is 0 Å². The molecular formula is C16H26N4O. The lowest BCUT2D eigenvalue weighted by molar-refractivity contribution is 0.172. The molecule has 0 aromatic carbocycles. The van der Waals surface area contributed by atoms with Gasteiger partial charge >= 0.3 is 0 Å². The first-order valence-electron chi connectivity index (χ1n) is 7.73. The highest BCUT2D eigenvalue weighted by atomic mass is 16.3. The highest BCUT2D eigenvalue weighted by Gasteiger charge is 2.18. The van der Waals surface area contributed by atoms with Crippen molar-refractivity contribution in [3.05, 3.63) is 34.9 Å². The SMILES string of the molecule is CCC(O)c1c(C)nn(Cc2ccn(C(C)CC)n2)c1C. The van der Waals surface area contributed by atoms with Crippen molar-refractivity contribution in [2.24, 2.45) is 0 Å². The van der Waals surface area contributed by atoms with Gasteiger partial charge in [-0.05, 0) is 39.7 Å².